The van der Waals surface area contributed by atoms with Gasteiger partial charge in [-0.05, 0) is 22.9 Å². The Labute approximate surface area is 147 Å². The van der Waals surface area contributed by atoms with Crippen molar-refractivity contribution in [3.8, 4) is 5.75 Å². The highest BCUT2D eigenvalue weighted by Crippen LogP contribution is 2.26. The number of methoxy groups -OCH3 is 2. The molecule has 0 saturated heterocycles. The van der Waals surface area contributed by atoms with Gasteiger partial charge in [0.2, 0.25) is 0 Å². The van der Waals surface area contributed by atoms with E-state index in [0.717, 1.165) is 22.1 Å². The third-order valence-corrected chi connectivity index (χ3v) is 4.25. The molecule has 0 aromatic heterocycles. The van der Waals surface area contributed by atoms with Crippen LogP contribution in [0.4, 0.5) is 0 Å². The van der Waals surface area contributed by atoms with Crippen molar-refractivity contribution in [3.63, 3.8) is 0 Å². The predicted octanol–water partition coefficient (Wildman–Crippen LogP) is 3.97. The molecule has 0 spiro atoms. The largest absolute Gasteiger partial charge is 0.496 e. The lowest BCUT2D eigenvalue weighted by atomic mass is 10.0. The number of rotatable bonds is 6. The summed E-state index contributed by atoms with van der Waals surface area (Å²) >= 11 is 0. The van der Waals surface area contributed by atoms with E-state index < -0.39 is 0 Å². The van der Waals surface area contributed by atoms with Crippen LogP contribution in [0.5, 0.6) is 5.75 Å². The molecule has 0 aliphatic heterocycles. The number of benzene rings is 3. The van der Waals surface area contributed by atoms with Gasteiger partial charge < -0.3 is 14.8 Å². The van der Waals surface area contributed by atoms with Crippen molar-refractivity contribution < 1.29 is 14.3 Å². The van der Waals surface area contributed by atoms with Crippen molar-refractivity contribution >= 4 is 16.7 Å². The number of ether oxygens (including phenoxy) is 2. The number of hydrogen-bond donors (Lipinski definition) is 1. The molecule has 1 amide bonds. The SMILES string of the molecule is COc1ccccc1[C@H](CNC(=O)c1cccc2ccccc12)OC. The summed E-state index contributed by atoms with van der Waals surface area (Å²) in [4.78, 5) is 12.7. The molecule has 4 nitrogen and oxygen atoms in total. The van der Waals surface area contributed by atoms with Crippen LogP contribution in [0.15, 0.2) is 66.7 Å². The average Bonchev–Trinajstić information content (AvgIpc) is 2.68. The molecule has 0 aliphatic rings. The zero-order valence-electron chi connectivity index (χ0n) is 14.4. The van der Waals surface area contributed by atoms with Crippen molar-refractivity contribution in [1.82, 2.24) is 5.32 Å². The Kier molecular flexibility index (Phi) is 5.31. The number of carbonyl (C=O) groups is 1. The Morgan fingerprint density at radius 3 is 2.48 bits per heavy atom. The van der Waals surface area contributed by atoms with Crippen molar-refractivity contribution in [3.05, 3.63) is 77.9 Å². The molecule has 3 aromatic carbocycles. The lowest BCUT2D eigenvalue weighted by Gasteiger charge is -2.19. The van der Waals surface area contributed by atoms with Crippen LogP contribution in [0.2, 0.25) is 0 Å². The van der Waals surface area contributed by atoms with E-state index in [1.807, 2.05) is 66.7 Å². The minimum absolute atomic E-state index is 0.117. The maximum atomic E-state index is 12.7. The zero-order chi connectivity index (χ0) is 17.6. The Morgan fingerprint density at radius 2 is 1.68 bits per heavy atom. The maximum absolute atomic E-state index is 12.7. The van der Waals surface area contributed by atoms with Gasteiger partial charge in [0.05, 0.1) is 7.11 Å². The second-order valence-electron chi connectivity index (χ2n) is 5.70. The number of para-hydroxylation sites is 1. The molecule has 0 radical (unpaired) electrons. The van der Waals surface area contributed by atoms with Gasteiger partial charge in [0.25, 0.3) is 5.91 Å². The van der Waals surface area contributed by atoms with Gasteiger partial charge in [-0.25, -0.2) is 0 Å². The van der Waals surface area contributed by atoms with E-state index in [9.17, 15) is 4.79 Å². The fourth-order valence-electron chi connectivity index (χ4n) is 2.96. The van der Waals surface area contributed by atoms with Gasteiger partial charge in [0.15, 0.2) is 0 Å². The summed E-state index contributed by atoms with van der Waals surface area (Å²) in [5.74, 6) is 0.627. The van der Waals surface area contributed by atoms with Gasteiger partial charge in [0.1, 0.15) is 11.9 Å². The Hall–Kier alpha value is -2.85. The highest BCUT2D eigenvalue weighted by molar-refractivity contribution is 6.07. The number of hydrogen-bond acceptors (Lipinski definition) is 3. The Bertz CT molecular complexity index is 870. The van der Waals surface area contributed by atoms with Gasteiger partial charge in [-0.3, -0.25) is 4.79 Å². The monoisotopic (exact) mass is 335 g/mol. The quantitative estimate of drug-likeness (QED) is 0.741. The first kappa shape index (κ1) is 17.0. The molecule has 128 valence electrons. The van der Waals surface area contributed by atoms with Gasteiger partial charge in [-0.2, -0.15) is 0 Å². The standard InChI is InChI=1S/C21H21NO3/c1-24-19-13-6-5-11-18(19)20(25-2)14-22-21(23)17-12-7-9-15-8-3-4-10-16(15)17/h3-13,20H,14H2,1-2H3,(H,22,23)/t20-/m0/s1. The topological polar surface area (TPSA) is 47.6 Å². The van der Waals surface area contributed by atoms with Crippen LogP contribution in [-0.2, 0) is 4.74 Å². The predicted molar refractivity (Wildman–Crippen MR) is 99.0 cm³/mol. The number of fused-ring (bicyclic) bond motifs is 1. The zero-order valence-corrected chi connectivity index (χ0v) is 14.4. The van der Waals surface area contributed by atoms with Crippen LogP contribution in [-0.4, -0.2) is 26.7 Å². The lowest BCUT2D eigenvalue weighted by molar-refractivity contribution is 0.0820. The summed E-state index contributed by atoms with van der Waals surface area (Å²) < 4.78 is 10.9. The van der Waals surface area contributed by atoms with Crippen molar-refractivity contribution in [1.29, 1.82) is 0 Å². The van der Waals surface area contributed by atoms with Gasteiger partial charge >= 0.3 is 0 Å². The molecule has 0 aliphatic carbocycles. The number of amides is 1. The molecule has 0 fully saturated rings. The third-order valence-electron chi connectivity index (χ3n) is 4.25. The summed E-state index contributed by atoms with van der Waals surface area (Å²) in [6, 6.07) is 21.2. The first-order valence-electron chi connectivity index (χ1n) is 8.16. The van der Waals surface area contributed by atoms with Crippen LogP contribution in [0.25, 0.3) is 10.8 Å². The lowest BCUT2D eigenvalue weighted by Crippen LogP contribution is -2.29. The fraction of sp³-hybridized carbons (Fsp3) is 0.190. The second kappa shape index (κ2) is 7.81. The molecule has 4 heteroatoms. The van der Waals surface area contributed by atoms with Gasteiger partial charge in [0, 0.05) is 24.8 Å². The molecule has 1 atom stereocenters. The summed E-state index contributed by atoms with van der Waals surface area (Å²) in [6.07, 6.45) is -0.282. The second-order valence-corrected chi connectivity index (χ2v) is 5.70. The maximum Gasteiger partial charge on any atom is 0.252 e. The van der Waals surface area contributed by atoms with Crippen molar-refractivity contribution in [2.24, 2.45) is 0 Å². The van der Waals surface area contributed by atoms with Gasteiger partial charge in [-0.1, -0.05) is 54.6 Å². The van der Waals surface area contributed by atoms with E-state index in [1.165, 1.54) is 0 Å². The molecule has 0 saturated carbocycles. The van der Waals surface area contributed by atoms with Crippen LogP contribution in [0.3, 0.4) is 0 Å². The highest BCUT2D eigenvalue weighted by Gasteiger charge is 2.17. The van der Waals surface area contributed by atoms with Crippen molar-refractivity contribution in [2.75, 3.05) is 20.8 Å². The van der Waals surface area contributed by atoms with E-state index >= 15 is 0 Å². The van der Waals surface area contributed by atoms with E-state index in [-0.39, 0.29) is 12.0 Å². The Balaban J connectivity index is 1.78. The first-order chi connectivity index (χ1) is 12.2. The highest BCUT2D eigenvalue weighted by atomic mass is 16.5. The minimum Gasteiger partial charge on any atom is -0.496 e. The summed E-state index contributed by atoms with van der Waals surface area (Å²) in [5.41, 5.74) is 1.57. The summed E-state index contributed by atoms with van der Waals surface area (Å²) in [6.45, 7) is 0.360. The third kappa shape index (κ3) is 3.64. The molecule has 0 bridgehead atoms. The molecule has 0 heterocycles. The number of carbonyl (C=O) groups excluding carboxylic acids is 1. The van der Waals surface area contributed by atoms with Crippen LogP contribution in [0.1, 0.15) is 22.0 Å². The summed E-state index contributed by atoms with van der Waals surface area (Å²) in [5, 5.41) is 4.96. The van der Waals surface area contributed by atoms with Crippen LogP contribution >= 0.6 is 0 Å². The van der Waals surface area contributed by atoms with E-state index in [4.69, 9.17) is 9.47 Å². The van der Waals surface area contributed by atoms with Crippen LogP contribution < -0.4 is 10.1 Å². The van der Waals surface area contributed by atoms with Crippen molar-refractivity contribution in [2.45, 2.75) is 6.10 Å². The molecular formula is C21H21NO3. The molecule has 0 unspecified atom stereocenters. The minimum atomic E-state index is -0.282. The smallest absolute Gasteiger partial charge is 0.252 e. The molecule has 3 rings (SSSR count). The Morgan fingerprint density at radius 1 is 0.960 bits per heavy atom. The summed E-state index contributed by atoms with van der Waals surface area (Å²) in [7, 11) is 3.25. The molecule has 1 N–H and O–H groups in total. The number of nitrogens with one attached hydrogen (secondary N) is 1. The van der Waals surface area contributed by atoms with E-state index in [0.29, 0.717) is 12.1 Å². The van der Waals surface area contributed by atoms with Crippen LogP contribution in [0, 0.1) is 0 Å². The van der Waals surface area contributed by atoms with E-state index in [1.54, 1.807) is 14.2 Å². The van der Waals surface area contributed by atoms with E-state index in [2.05, 4.69) is 5.32 Å². The normalized spacial score (nSPS) is 11.9. The first-order valence-corrected chi connectivity index (χ1v) is 8.16. The fourth-order valence-corrected chi connectivity index (χ4v) is 2.96. The molecular weight excluding hydrogens is 314 g/mol. The molecule has 25 heavy (non-hydrogen) atoms. The van der Waals surface area contributed by atoms with Gasteiger partial charge in [-0.15, -0.1) is 0 Å². The molecule has 3 aromatic rings. The average molecular weight is 335 g/mol.